The van der Waals surface area contributed by atoms with E-state index in [9.17, 15) is 0 Å². The van der Waals surface area contributed by atoms with Gasteiger partial charge in [0.1, 0.15) is 17.9 Å². The van der Waals surface area contributed by atoms with Gasteiger partial charge < -0.3 is 16.8 Å². The quantitative estimate of drug-likeness (QED) is 0.466. The largest absolute Gasteiger partial charge is 1.00 e. The van der Waals surface area contributed by atoms with E-state index in [4.69, 9.17) is 4.43 Å². The molecule has 0 N–H and O–H groups in total. The molecular formula is C28H43ClN2OSi. The molecule has 1 unspecified atom stereocenters. The van der Waals surface area contributed by atoms with Crippen LogP contribution >= 0.6 is 0 Å². The standard InChI is InChI=1S/C28H43N2OSi.ClH/c1-19-12-21(3)26(22(4)13-19)29-16-25(17-31-32(10,11)28(7,8)9)30(18-29)27-23(5)14-20(2)15-24(27)6;/h12-15,18,25H,16-17H2,1-11H3;1H/q+1;/p-1. The molecule has 3 rings (SSSR count). The molecule has 1 aliphatic heterocycles. The molecule has 2 aromatic carbocycles. The molecular weight excluding hydrogens is 444 g/mol. The third-order valence-corrected chi connectivity index (χ3v) is 11.8. The van der Waals surface area contributed by atoms with Gasteiger partial charge in [0.15, 0.2) is 14.4 Å². The van der Waals surface area contributed by atoms with Crippen molar-refractivity contribution in [3.63, 3.8) is 0 Å². The molecule has 0 spiro atoms. The van der Waals surface area contributed by atoms with E-state index in [0.717, 1.165) is 13.2 Å². The van der Waals surface area contributed by atoms with Crippen LogP contribution < -0.4 is 17.3 Å². The first-order chi connectivity index (χ1) is 14.7. The Labute approximate surface area is 209 Å². The molecule has 0 aromatic heterocycles. The monoisotopic (exact) mass is 486 g/mol. The summed E-state index contributed by atoms with van der Waals surface area (Å²) in [4.78, 5) is 2.48. The van der Waals surface area contributed by atoms with Crippen LogP contribution in [-0.2, 0) is 4.43 Å². The third kappa shape index (κ3) is 5.72. The number of hydrogen-bond acceptors (Lipinski definition) is 2. The van der Waals surface area contributed by atoms with Gasteiger partial charge in [-0.1, -0.05) is 56.2 Å². The summed E-state index contributed by atoms with van der Waals surface area (Å²) in [7, 11) is -1.83. The molecule has 0 aliphatic carbocycles. The fourth-order valence-electron chi connectivity index (χ4n) is 4.86. The first-order valence-electron chi connectivity index (χ1n) is 11.9. The van der Waals surface area contributed by atoms with Crippen molar-refractivity contribution in [1.29, 1.82) is 0 Å². The fraction of sp³-hybridized carbons (Fsp3) is 0.536. The molecule has 0 bridgehead atoms. The Morgan fingerprint density at radius 2 is 1.33 bits per heavy atom. The molecule has 0 amide bonds. The molecule has 1 aliphatic rings. The van der Waals surface area contributed by atoms with Gasteiger partial charge in [-0.2, -0.15) is 0 Å². The molecule has 2 aromatic rings. The molecule has 0 radical (unpaired) electrons. The second-order valence-electron chi connectivity index (χ2n) is 11.4. The van der Waals surface area contributed by atoms with Crippen LogP contribution in [0.25, 0.3) is 0 Å². The lowest BCUT2D eigenvalue weighted by atomic mass is 10.0. The number of rotatable bonds is 5. The van der Waals surface area contributed by atoms with Crippen molar-refractivity contribution in [1.82, 2.24) is 0 Å². The lowest BCUT2D eigenvalue weighted by Crippen LogP contribution is -3.00. The number of benzene rings is 2. The van der Waals surface area contributed by atoms with E-state index in [1.807, 2.05) is 0 Å². The molecule has 3 nitrogen and oxygen atoms in total. The number of hydrogen-bond donors (Lipinski definition) is 0. The maximum Gasteiger partial charge on any atom is 0.245 e. The highest BCUT2D eigenvalue weighted by molar-refractivity contribution is 6.74. The zero-order chi connectivity index (χ0) is 24.0. The van der Waals surface area contributed by atoms with Gasteiger partial charge in [0, 0.05) is 0 Å². The van der Waals surface area contributed by atoms with Crippen molar-refractivity contribution >= 4 is 26.0 Å². The summed E-state index contributed by atoms with van der Waals surface area (Å²) in [6.07, 6.45) is 2.33. The molecule has 1 heterocycles. The average molecular weight is 487 g/mol. The van der Waals surface area contributed by atoms with Gasteiger partial charge in [0.2, 0.25) is 6.34 Å². The van der Waals surface area contributed by atoms with Gasteiger partial charge in [0.25, 0.3) is 0 Å². The number of anilines is 1. The first kappa shape index (κ1) is 27.6. The Kier molecular flexibility index (Phi) is 8.31. The van der Waals surface area contributed by atoms with Crippen molar-refractivity contribution < 1.29 is 21.4 Å². The highest BCUT2D eigenvalue weighted by Crippen LogP contribution is 2.38. The first-order valence-corrected chi connectivity index (χ1v) is 14.8. The van der Waals surface area contributed by atoms with E-state index in [-0.39, 0.29) is 23.5 Å². The summed E-state index contributed by atoms with van der Waals surface area (Å²) in [5, 5.41) is 0.208. The second-order valence-corrected chi connectivity index (χ2v) is 16.2. The molecule has 0 saturated heterocycles. The number of halogens is 1. The lowest BCUT2D eigenvalue weighted by molar-refractivity contribution is -0.429. The average Bonchev–Trinajstić information content (AvgIpc) is 3.00. The lowest BCUT2D eigenvalue weighted by Gasteiger charge is -2.37. The van der Waals surface area contributed by atoms with Crippen LogP contribution in [0.3, 0.4) is 0 Å². The van der Waals surface area contributed by atoms with E-state index >= 15 is 0 Å². The van der Waals surface area contributed by atoms with Crippen LogP contribution in [0.4, 0.5) is 11.4 Å². The van der Waals surface area contributed by atoms with Crippen LogP contribution in [0, 0.1) is 41.5 Å². The fourth-order valence-corrected chi connectivity index (χ4v) is 5.90. The zero-order valence-electron chi connectivity index (χ0n) is 22.6. The Hall–Kier alpha value is -1.62. The zero-order valence-corrected chi connectivity index (χ0v) is 24.3. The van der Waals surface area contributed by atoms with Gasteiger partial charge in [-0.15, -0.1) is 0 Å². The SMILES string of the molecule is Cc1cc(C)c(N2C=[N+](c3c(C)cc(C)cc3C)CC2CO[Si](C)(C)C(C)(C)C)c(C)c1.[Cl-]. The van der Waals surface area contributed by atoms with E-state index in [2.05, 4.69) is 115 Å². The van der Waals surface area contributed by atoms with Crippen LogP contribution in [0.5, 0.6) is 0 Å². The van der Waals surface area contributed by atoms with E-state index in [0.29, 0.717) is 0 Å². The summed E-state index contributed by atoms with van der Waals surface area (Å²) >= 11 is 0. The van der Waals surface area contributed by atoms with E-state index < -0.39 is 8.32 Å². The molecule has 1 atom stereocenters. The van der Waals surface area contributed by atoms with Crippen molar-refractivity contribution in [3.8, 4) is 0 Å². The highest BCUT2D eigenvalue weighted by Gasteiger charge is 2.42. The van der Waals surface area contributed by atoms with Crippen LogP contribution in [0.1, 0.15) is 54.2 Å². The number of nitrogens with zero attached hydrogens (tertiary/aromatic N) is 2. The van der Waals surface area contributed by atoms with Crippen LogP contribution in [0.15, 0.2) is 24.3 Å². The highest BCUT2D eigenvalue weighted by atomic mass is 35.5. The third-order valence-electron chi connectivity index (χ3n) is 7.32. The van der Waals surface area contributed by atoms with Crippen molar-refractivity contribution in [3.05, 3.63) is 57.6 Å². The summed E-state index contributed by atoms with van der Waals surface area (Å²) in [6, 6.07) is 9.47. The second kappa shape index (κ2) is 9.93. The molecule has 33 heavy (non-hydrogen) atoms. The minimum Gasteiger partial charge on any atom is -1.00 e. The Balaban J connectivity index is 0.00000385. The Morgan fingerprint density at radius 3 is 1.79 bits per heavy atom. The van der Waals surface area contributed by atoms with Gasteiger partial charge in [0.05, 0.1) is 6.61 Å². The van der Waals surface area contributed by atoms with E-state index in [1.54, 1.807) is 0 Å². The Morgan fingerprint density at radius 1 is 0.879 bits per heavy atom. The molecule has 182 valence electrons. The summed E-state index contributed by atoms with van der Waals surface area (Å²) in [6.45, 7) is 26.6. The molecule has 0 fully saturated rings. The van der Waals surface area contributed by atoms with Gasteiger partial charge in [-0.05, 0) is 81.9 Å². The van der Waals surface area contributed by atoms with Crippen LogP contribution in [-0.4, -0.2) is 38.4 Å². The van der Waals surface area contributed by atoms with Gasteiger partial charge >= 0.3 is 0 Å². The maximum absolute atomic E-state index is 6.75. The minimum absolute atomic E-state index is 0. The minimum atomic E-state index is -1.83. The van der Waals surface area contributed by atoms with Crippen molar-refractivity contribution in [2.75, 3.05) is 18.1 Å². The summed E-state index contributed by atoms with van der Waals surface area (Å²) in [5.41, 5.74) is 10.6. The smallest absolute Gasteiger partial charge is 0.245 e. The summed E-state index contributed by atoms with van der Waals surface area (Å²) < 4.78 is 9.19. The normalized spacial score (nSPS) is 16.6. The van der Waals surface area contributed by atoms with E-state index in [1.165, 1.54) is 44.8 Å². The topological polar surface area (TPSA) is 15.5 Å². The van der Waals surface area contributed by atoms with Crippen molar-refractivity contribution in [2.45, 2.75) is 86.5 Å². The molecule has 0 saturated carbocycles. The van der Waals surface area contributed by atoms with Crippen molar-refractivity contribution in [2.24, 2.45) is 0 Å². The Bertz CT molecular complexity index is 1010. The van der Waals surface area contributed by atoms with Gasteiger partial charge in [-0.3, -0.25) is 0 Å². The summed E-state index contributed by atoms with van der Waals surface area (Å²) in [5.74, 6) is 0. The maximum atomic E-state index is 6.75. The van der Waals surface area contributed by atoms with Gasteiger partial charge in [-0.25, -0.2) is 9.48 Å². The molecule has 5 heteroatoms. The van der Waals surface area contributed by atoms with Crippen LogP contribution in [0.2, 0.25) is 18.1 Å². The predicted molar refractivity (Wildman–Crippen MR) is 142 cm³/mol. The predicted octanol–water partition coefficient (Wildman–Crippen LogP) is 4.12. The number of aryl methyl sites for hydroxylation is 6.